The highest BCUT2D eigenvalue weighted by Crippen LogP contribution is 2.17. The number of hydrogen-bond acceptors (Lipinski definition) is 5. The molecule has 0 aliphatic carbocycles. The van der Waals surface area contributed by atoms with E-state index in [-0.39, 0.29) is 12.2 Å². The zero-order chi connectivity index (χ0) is 14.1. The Balaban J connectivity index is 2.23. The van der Waals surface area contributed by atoms with Crippen molar-refractivity contribution >= 4 is 27.9 Å². The lowest BCUT2D eigenvalue weighted by molar-refractivity contribution is 0.311. The van der Waals surface area contributed by atoms with Gasteiger partial charge in [0.2, 0.25) is 5.95 Å². The van der Waals surface area contributed by atoms with Crippen molar-refractivity contribution in [3.8, 4) is 0 Å². The molecule has 2 heterocycles. The Morgan fingerprint density at radius 2 is 2.15 bits per heavy atom. The molecule has 0 unspecified atom stereocenters. The fourth-order valence-electron chi connectivity index (χ4n) is 2.10. The number of hydrogen-bond donors (Lipinski definition) is 3. The third-order valence-electron chi connectivity index (χ3n) is 3.05. The van der Waals surface area contributed by atoms with E-state index in [1.165, 1.54) is 0 Å². The summed E-state index contributed by atoms with van der Waals surface area (Å²) in [5.41, 5.74) is 2.07. The van der Waals surface area contributed by atoms with Gasteiger partial charge in [-0.3, -0.25) is 9.78 Å². The normalized spacial score (nSPS) is 11.1. The van der Waals surface area contributed by atoms with Crippen molar-refractivity contribution in [2.45, 2.75) is 6.92 Å². The maximum absolute atomic E-state index is 12.1. The summed E-state index contributed by atoms with van der Waals surface area (Å²) in [7, 11) is 0. The highest BCUT2D eigenvalue weighted by atomic mass is 16.3. The molecule has 0 amide bonds. The van der Waals surface area contributed by atoms with Crippen molar-refractivity contribution in [3.05, 3.63) is 40.2 Å². The summed E-state index contributed by atoms with van der Waals surface area (Å²) in [6.45, 7) is 2.28. The van der Waals surface area contributed by atoms with Crippen LogP contribution in [0.15, 0.2) is 29.1 Å². The molecule has 2 aromatic heterocycles. The first-order chi connectivity index (χ1) is 9.67. The van der Waals surface area contributed by atoms with E-state index < -0.39 is 0 Å². The molecule has 1 aromatic carbocycles. The van der Waals surface area contributed by atoms with Crippen LogP contribution in [-0.2, 0) is 0 Å². The SMILES string of the molecule is Cc1ccc2nc3nc(NCCO)[nH]c(=O)c3cc2c1. The maximum Gasteiger partial charge on any atom is 0.261 e. The Labute approximate surface area is 114 Å². The van der Waals surface area contributed by atoms with Crippen LogP contribution < -0.4 is 10.9 Å². The first-order valence-electron chi connectivity index (χ1n) is 6.33. The highest BCUT2D eigenvalue weighted by Gasteiger charge is 2.07. The van der Waals surface area contributed by atoms with Crippen molar-refractivity contribution in [1.29, 1.82) is 0 Å². The Kier molecular flexibility index (Phi) is 3.08. The number of aryl methyl sites for hydroxylation is 1. The van der Waals surface area contributed by atoms with E-state index in [9.17, 15) is 4.79 Å². The summed E-state index contributed by atoms with van der Waals surface area (Å²) in [6.07, 6.45) is 0. The molecule has 0 fully saturated rings. The van der Waals surface area contributed by atoms with Gasteiger partial charge >= 0.3 is 0 Å². The van der Waals surface area contributed by atoms with E-state index in [1.54, 1.807) is 6.07 Å². The number of aromatic nitrogens is 3. The third kappa shape index (κ3) is 2.21. The molecule has 0 saturated heterocycles. The van der Waals surface area contributed by atoms with Crippen LogP contribution >= 0.6 is 0 Å². The summed E-state index contributed by atoms with van der Waals surface area (Å²) in [4.78, 5) is 23.4. The van der Waals surface area contributed by atoms with Crippen molar-refractivity contribution in [2.75, 3.05) is 18.5 Å². The van der Waals surface area contributed by atoms with Crippen LogP contribution in [0.5, 0.6) is 0 Å². The minimum atomic E-state index is -0.244. The molecule has 0 aliphatic heterocycles. The molecule has 6 nitrogen and oxygen atoms in total. The summed E-state index contributed by atoms with van der Waals surface area (Å²) in [5, 5.41) is 13.0. The summed E-state index contributed by atoms with van der Waals surface area (Å²) in [5.74, 6) is 0.315. The minimum Gasteiger partial charge on any atom is -0.395 e. The molecule has 3 N–H and O–H groups in total. The van der Waals surface area contributed by atoms with Gasteiger partial charge in [-0.25, -0.2) is 4.98 Å². The van der Waals surface area contributed by atoms with Crippen LogP contribution in [-0.4, -0.2) is 33.2 Å². The lowest BCUT2D eigenvalue weighted by Gasteiger charge is -2.05. The second-order valence-corrected chi connectivity index (χ2v) is 4.62. The van der Waals surface area contributed by atoms with E-state index in [1.807, 2.05) is 25.1 Å². The molecular formula is C14H14N4O2. The zero-order valence-electron chi connectivity index (χ0n) is 11.0. The molecular weight excluding hydrogens is 256 g/mol. The lowest BCUT2D eigenvalue weighted by Crippen LogP contribution is -2.15. The number of fused-ring (bicyclic) bond motifs is 2. The Hall–Kier alpha value is -2.47. The number of aliphatic hydroxyl groups excluding tert-OH is 1. The standard InChI is InChI=1S/C14H14N4O2/c1-8-2-3-11-9(6-8)7-10-12(16-11)17-14(15-4-5-19)18-13(10)20/h2-3,6-7,19H,4-5H2,1H3,(H2,15,16,17,18,20). The smallest absolute Gasteiger partial charge is 0.261 e. The summed E-state index contributed by atoms with van der Waals surface area (Å²) in [6, 6.07) is 7.67. The zero-order valence-corrected chi connectivity index (χ0v) is 11.0. The summed E-state index contributed by atoms with van der Waals surface area (Å²) < 4.78 is 0. The second kappa shape index (κ2) is 4.90. The van der Waals surface area contributed by atoms with Gasteiger partial charge in [-0.15, -0.1) is 0 Å². The number of pyridine rings is 1. The molecule has 0 saturated carbocycles. The van der Waals surface area contributed by atoms with Gasteiger partial charge in [0.25, 0.3) is 5.56 Å². The van der Waals surface area contributed by atoms with Gasteiger partial charge in [-0.1, -0.05) is 11.6 Å². The molecule has 0 bridgehead atoms. The largest absolute Gasteiger partial charge is 0.395 e. The van der Waals surface area contributed by atoms with E-state index in [0.717, 1.165) is 16.5 Å². The average Bonchev–Trinajstić information content (AvgIpc) is 2.43. The molecule has 3 rings (SSSR count). The molecule has 0 atom stereocenters. The lowest BCUT2D eigenvalue weighted by atomic mass is 10.1. The fraction of sp³-hybridized carbons (Fsp3) is 0.214. The third-order valence-corrected chi connectivity index (χ3v) is 3.05. The second-order valence-electron chi connectivity index (χ2n) is 4.62. The number of nitrogens with zero attached hydrogens (tertiary/aromatic N) is 2. The first-order valence-corrected chi connectivity index (χ1v) is 6.33. The van der Waals surface area contributed by atoms with Crippen LogP contribution in [0.1, 0.15) is 5.56 Å². The van der Waals surface area contributed by atoms with Gasteiger partial charge in [-0.2, -0.15) is 4.98 Å². The number of benzene rings is 1. The number of H-pyrrole nitrogens is 1. The topological polar surface area (TPSA) is 90.9 Å². The number of aromatic amines is 1. The van der Waals surface area contributed by atoms with Gasteiger partial charge in [0.1, 0.15) is 0 Å². The minimum absolute atomic E-state index is 0.0355. The number of anilines is 1. The van der Waals surface area contributed by atoms with Gasteiger partial charge in [0.05, 0.1) is 17.5 Å². The first kappa shape index (κ1) is 12.6. The molecule has 0 spiro atoms. The molecule has 6 heteroatoms. The van der Waals surface area contributed by atoms with Crippen LogP contribution in [0.2, 0.25) is 0 Å². The van der Waals surface area contributed by atoms with Gasteiger partial charge in [-0.05, 0) is 25.1 Å². The fourth-order valence-corrected chi connectivity index (χ4v) is 2.10. The van der Waals surface area contributed by atoms with Crippen molar-refractivity contribution in [3.63, 3.8) is 0 Å². The Morgan fingerprint density at radius 1 is 1.30 bits per heavy atom. The van der Waals surface area contributed by atoms with Crippen molar-refractivity contribution < 1.29 is 5.11 Å². The number of rotatable bonds is 3. The van der Waals surface area contributed by atoms with Crippen LogP contribution in [0.4, 0.5) is 5.95 Å². The molecule has 20 heavy (non-hydrogen) atoms. The van der Waals surface area contributed by atoms with E-state index >= 15 is 0 Å². The number of nitrogens with one attached hydrogen (secondary N) is 2. The highest BCUT2D eigenvalue weighted by molar-refractivity contribution is 5.91. The van der Waals surface area contributed by atoms with E-state index in [0.29, 0.717) is 23.5 Å². The molecule has 0 radical (unpaired) electrons. The van der Waals surface area contributed by atoms with Gasteiger partial charge in [0.15, 0.2) is 5.65 Å². The van der Waals surface area contributed by atoms with Crippen LogP contribution in [0.25, 0.3) is 21.9 Å². The van der Waals surface area contributed by atoms with Gasteiger partial charge in [0, 0.05) is 11.9 Å². The van der Waals surface area contributed by atoms with Crippen molar-refractivity contribution in [1.82, 2.24) is 15.0 Å². The molecule has 102 valence electrons. The number of aliphatic hydroxyl groups is 1. The average molecular weight is 270 g/mol. The predicted octanol–water partition coefficient (Wildman–Crippen LogP) is 1.18. The van der Waals surface area contributed by atoms with Crippen LogP contribution in [0.3, 0.4) is 0 Å². The monoisotopic (exact) mass is 270 g/mol. The Bertz CT molecular complexity index is 842. The summed E-state index contributed by atoms with van der Waals surface area (Å²) >= 11 is 0. The predicted molar refractivity (Wildman–Crippen MR) is 78.0 cm³/mol. The Morgan fingerprint density at radius 3 is 2.95 bits per heavy atom. The maximum atomic E-state index is 12.1. The van der Waals surface area contributed by atoms with E-state index in [4.69, 9.17) is 5.11 Å². The van der Waals surface area contributed by atoms with E-state index in [2.05, 4.69) is 20.3 Å². The van der Waals surface area contributed by atoms with Gasteiger partial charge < -0.3 is 10.4 Å². The van der Waals surface area contributed by atoms with Crippen molar-refractivity contribution in [2.24, 2.45) is 0 Å². The molecule has 0 aliphatic rings. The quantitative estimate of drug-likeness (QED) is 0.622. The molecule has 3 aromatic rings. The van der Waals surface area contributed by atoms with Crippen LogP contribution in [0, 0.1) is 6.92 Å².